The lowest BCUT2D eigenvalue weighted by atomic mass is 10.2. The second kappa shape index (κ2) is 13.6. The molecule has 1 aromatic heterocycles. The van der Waals surface area contributed by atoms with Gasteiger partial charge in [-0.05, 0) is 55.8 Å². The molecule has 0 spiro atoms. The van der Waals surface area contributed by atoms with Gasteiger partial charge >= 0.3 is 5.95 Å². The first-order chi connectivity index (χ1) is 18.3. The van der Waals surface area contributed by atoms with Gasteiger partial charge in [-0.2, -0.15) is 0 Å². The summed E-state index contributed by atoms with van der Waals surface area (Å²) < 4.78 is 35.0. The lowest BCUT2D eigenvalue weighted by Gasteiger charge is -2.20. The fraction of sp³-hybridized carbons (Fsp3) is 0.259. The first-order valence-corrected chi connectivity index (χ1v) is 13.4. The SMILES string of the molecule is CCN(CC)c1ccc(N=Nc2nn(Cc3ccccc3)c(-c3ccccc3)[n+]2C)cc1.COS(=O)(=O)[O-]. The van der Waals surface area contributed by atoms with Crippen LogP contribution in [-0.4, -0.2) is 43.0 Å². The van der Waals surface area contributed by atoms with E-state index >= 15 is 0 Å². The van der Waals surface area contributed by atoms with Gasteiger partial charge in [0.1, 0.15) is 6.54 Å². The van der Waals surface area contributed by atoms with E-state index in [0.717, 1.165) is 37.3 Å². The third-order valence-electron chi connectivity index (χ3n) is 5.72. The average Bonchev–Trinajstić information content (AvgIpc) is 3.24. The summed E-state index contributed by atoms with van der Waals surface area (Å²) in [5.74, 6) is 1.55. The summed E-state index contributed by atoms with van der Waals surface area (Å²) in [5, 5.41) is 13.7. The Hall–Kier alpha value is -3.93. The Morgan fingerprint density at radius 2 is 1.47 bits per heavy atom. The van der Waals surface area contributed by atoms with Crippen molar-refractivity contribution in [3.8, 4) is 11.4 Å². The predicted octanol–water partition coefficient (Wildman–Crippen LogP) is 4.78. The number of hydrogen-bond donors (Lipinski definition) is 0. The highest BCUT2D eigenvalue weighted by molar-refractivity contribution is 7.80. The van der Waals surface area contributed by atoms with E-state index in [0.29, 0.717) is 12.5 Å². The van der Waals surface area contributed by atoms with Gasteiger partial charge in [0.2, 0.25) is 16.2 Å². The van der Waals surface area contributed by atoms with Crippen molar-refractivity contribution in [3.05, 3.63) is 90.5 Å². The van der Waals surface area contributed by atoms with E-state index in [2.05, 4.69) is 69.6 Å². The van der Waals surface area contributed by atoms with Crippen molar-refractivity contribution in [2.45, 2.75) is 20.4 Å². The van der Waals surface area contributed by atoms with Gasteiger partial charge < -0.3 is 9.45 Å². The van der Waals surface area contributed by atoms with Gasteiger partial charge in [0, 0.05) is 34.6 Å². The van der Waals surface area contributed by atoms with Crippen LogP contribution in [0.3, 0.4) is 0 Å². The lowest BCUT2D eigenvalue weighted by Crippen LogP contribution is -2.30. The van der Waals surface area contributed by atoms with Crippen molar-refractivity contribution in [2.75, 3.05) is 25.1 Å². The van der Waals surface area contributed by atoms with Crippen LogP contribution in [-0.2, 0) is 28.2 Å². The predicted molar refractivity (Wildman–Crippen MR) is 145 cm³/mol. The summed E-state index contributed by atoms with van der Waals surface area (Å²) >= 11 is 0. The Kier molecular flexibility index (Phi) is 10.2. The number of aromatic nitrogens is 3. The molecule has 1 heterocycles. The first-order valence-electron chi connectivity index (χ1n) is 12.1. The number of benzene rings is 3. The third kappa shape index (κ3) is 8.04. The number of anilines is 1. The monoisotopic (exact) mass is 536 g/mol. The maximum atomic E-state index is 9.22. The lowest BCUT2D eigenvalue weighted by molar-refractivity contribution is -0.648. The van der Waals surface area contributed by atoms with E-state index in [4.69, 9.17) is 5.10 Å². The summed E-state index contributed by atoms with van der Waals surface area (Å²) in [6.45, 7) is 6.94. The average molecular weight is 537 g/mol. The molecule has 0 aliphatic rings. The minimum atomic E-state index is -4.41. The smallest absolute Gasteiger partial charge is 0.435 e. The van der Waals surface area contributed by atoms with Crippen molar-refractivity contribution in [3.63, 3.8) is 0 Å². The molecule has 11 heteroatoms. The van der Waals surface area contributed by atoms with Gasteiger partial charge in [-0.25, -0.2) is 13.0 Å². The first kappa shape index (κ1) is 28.6. The summed E-state index contributed by atoms with van der Waals surface area (Å²) in [5.41, 5.74) is 4.27. The van der Waals surface area contributed by atoms with Crippen LogP contribution in [0.1, 0.15) is 19.4 Å². The Balaban J connectivity index is 0.000000599. The molecule has 0 unspecified atom stereocenters. The maximum Gasteiger partial charge on any atom is 0.435 e. The van der Waals surface area contributed by atoms with E-state index in [1.165, 1.54) is 11.3 Å². The summed E-state index contributed by atoms with van der Waals surface area (Å²) in [7, 11) is -1.62. The molecule has 0 amide bonds. The fourth-order valence-corrected chi connectivity index (χ4v) is 3.80. The van der Waals surface area contributed by atoms with Crippen LogP contribution in [0.2, 0.25) is 0 Å². The zero-order chi connectivity index (χ0) is 27.5. The largest absolute Gasteiger partial charge is 0.726 e. The van der Waals surface area contributed by atoms with Crippen LogP contribution in [0.5, 0.6) is 0 Å². The fourth-order valence-electron chi connectivity index (χ4n) is 3.80. The molecule has 0 fully saturated rings. The molecular formula is C27H32N6O4S. The standard InChI is InChI=1S/C26H29N6.CH4O4S/c1-4-31(5-2)24-18-16-23(17-19-24)27-28-26-29-32(20-21-12-8-6-9-13-21)25(30(26)3)22-14-10-7-11-15-22;1-5-6(2,3)4/h6-19H,4-5,20H2,1-3H3;1H3,(H,2,3,4)/q+1;/p-1. The topological polar surface area (TPSA) is 116 Å². The number of hydrogen-bond acceptors (Lipinski definition) is 8. The van der Waals surface area contributed by atoms with Crippen LogP contribution in [0.4, 0.5) is 17.3 Å². The molecule has 0 saturated carbocycles. The molecular weight excluding hydrogens is 504 g/mol. The van der Waals surface area contributed by atoms with E-state index < -0.39 is 10.4 Å². The zero-order valence-corrected chi connectivity index (χ0v) is 22.7. The normalized spacial score (nSPS) is 11.3. The Morgan fingerprint density at radius 1 is 0.921 bits per heavy atom. The molecule has 0 bridgehead atoms. The van der Waals surface area contributed by atoms with Gasteiger partial charge in [-0.15, -0.1) is 4.68 Å². The van der Waals surface area contributed by atoms with Crippen LogP contribution in [0, 0.1) is 0 Å². The molecule has 4 aromatic rings. The molecule has 0 N–H and O–H groups in total. The van der Waals surface area contributed by atoms with Crippen molar-refractivity contribution < 1.29 is 21.7 Å². The highest BCUT2D eigenvalue weighted by Gasteiger charge is 2.24. The molecule has 200 valence electrons. The highest BCUT2D eigenvalue weighted by Crippen LogP contribution is 2.23. The van der Waals surface area contributed by atoms with Crippen LogP contribution < -0.4 is 9.47 Å². The van der Waals surface area contributed by atoms with Gasteiger partial charge in [0.15, 0.2) is 0 Å². The molecule has 10 nitrogen and oxygen atoms in total. The molecule has 3 aromatic carbocycles. The van der Waals surface area contributed by atoms with E-state index in [9.17, 15) is 13.0 Å². The molecule has 38 heavy (non-hydrogen) atoms. The van der Waals surface area contributed by atoms with Crippen molar-refractivity contribution in [2.24, 2.45) is 17.3 Å². The Morgan fingerprint density at radius 3 is 2.00 bits per heavy atom. The van der Waals surface area contributed by atoms with E-state index in [-0.39, 0.29) is 0 Å². The zero-order valence-electron chi connectivity index (χ0n) is 21.9. The quantitative estimate of drug-likeness (QED) is 0.132. The number of nitrogens with zero attached hydrogens (tertiary/aromatic N) is 6. The molecule has 0 aliphatic heterocycles. The van der Waals surface area contributed by atoms with Crippen molar-refractivity contribution in [1.82, 2.24) is 9.78 Å². The van der Waals surface area contributed by atoms with Crippen LogP contribution in [0.25, 0.3) is 11.4 Å². The Labute approximate surface area is 223 Å². The minimum absolute atomic E-state index is 0.563. The van der Waals surface area contributed by atoms with Crippen molar-refractivity contribution in [1.29, 1.82) is 0 Å². The van der Waals surface area contributed by atoms with Gasteiger partial charge in [-0.1, -0.05) is 53.6 Å². The molecule has 0 saturated heterocycles. The summed E-state index contributed by atoms with van der Waals surface area (Å²) in [4.78, 5) is 2.30. The van der Waals surface area contributed by atoms with Gasteiger partial charge in [-0.3, -0.25) is 4.18 Å². The molecule has 0 aliphatic carbocycles. The second-order valence-electron chi connectivity index (χ2n) is 8.16. The van der Waals surface area contributed by atoms with Gasteiger partial charge in [0.05, 0.1) is 19.8 Å². The Bertz CT molecular complexity index is 1420. The molecule has 0 radical (unpaired) electrons. The molecule has 4 rings (SSSR count). The minimum Gasteiger partial charge on any atom is -0.726 e. The molecule has 0 atom stereocenters. The van der Waals surface area contributed by atoms with E-state index in [1.54, 1.807) is 0 Å². The summed E-state index contributed by atoms with van der Waals surface area (Å²) in [6.07, 6.45) is 0. The van der Waals surface area contributed by atoms with E-state index in [1.807, 2.05) is 64.8 Å². The van der Waals surface area contributed by atoms with Crippen LogP contribution in [0.15, 0.2) is 95.2 Å². The summed E-state index contributed by atoms with van der Waals surface area (Å²) in [6, 6.07) is 28.8. The maximum absolute atomic E-state index is 9.22. The van der Waals surface area contributed by atoms with Gasteiger partial charge in [0.25, 0.3) is 0 Å². The second-order valence-corrected chi connectivity index (χ2v) is 9.31. The highest BCUT2D eigenvalue weighted by atomic mass is 32.3. The third-order valence-corrected chi connectivity index (χ3v) is 6.13. The van der Waals surface area contributed by atoms with Crippen LogP contribution >= 0.6 is 0 Å². The number of rotatable bonds is 9. The van der Waals surface area contributed by atoms with Crippen molar-refractivity contribution >= 4 is 27.7 Å². The number of azo groups is 1.